The number of aliphatic carboxylic acids is 3. The molecule has 0 aromatic heterocycles. The average Bonchev–Trinajstić information content (AvgIpc) is 2.94. The van der Waals surface area contributed by atoms with Gasteiger partial charge >= 0.3 is 17.9 Å². The predicted molar refractivity (Wildman–Crippen MR) is 165 cm³/mol. The number of hydrogen-bond donors (Lipinski definition) is 9. The van der Waals surface area contributed by atoms with Crippen molar-refractivity contribution in [1.29, 1.82) is 0 Å². The number of carboxylic acids is 3. The van der Waals surface area contributed by atoms with Crippen molar-refractivity contribution in [3.05, 3.63) is 0 Å². The van der Waals surface area contributed by atoms with Gasteiger partial charge in [0.05, 0.1) is 6.61 Å². The number of amides is 1. The molecule has 0 spiro atoms. The van der Waals surface area contributed by atoms with E-state index in [1.807, 2.05) is 0 Å². The fourth-order valence-electron chi connectivity index (χ4n) is 3.47. The van der Waals surface area contributed by atoms with E-state index in [1.165, 1.54) is 70.6 Å². The highest BCUT2D eigenvalue weighted by Crippen LogP contribution is 2.13. The molecule has 3 atom stereocenters. The second-order valence-electron chi connectivity index (χ2n) is 9.99. The van der Waals surface area contributed by atoms with Crippen molar-refractivity contribution in [2.45, 2.75) is 134 Å². The largest absolute Gasteiger partial charge is 0.480 e. The van der Waals surface area contributed by atoms with Gasteiger partial charge in [0.25, 0.3) is 0 Å². The van der Waals surface area contributed by atoms with Gasteiger partial charge in [0.1, 0.15) is 18.1 Å². The van der Waals surface area contributed by atoms with Crippen LogP contribution < -0.4 is 22.5 Å². The molecule has 0 aliphatic heterocycles. The van der Waals surface area contributed by atoms with Crippen molar-refractivity contribution in [3.63, 3.8) is 0 Å². The standard InChI is InChI=1S/C19H37NO3S.C6H14N2O2.C3H7NO3/c1-2-3-4-5-6-7-8-9-10-11-12-13-14-15-18(21)20-17(16-24)19(22)23;7-4-2-1-3-5(8)6(9)10;4-2(1-5)3(6)7/h17,24H,2-16H2,1H3,(H,20,21)(H,22,23);5H,1-4,7-8H2,(H,9,10);2,5H,1,4H2,(H,6,7). The molecule has 244 valence electrons. The Morgan fingerprint density at radius 3 is 1.44 bits per heavy atom. The zero-order chi connectivity index (χ0) is 31.9. The lowest BCUT2D eigenvalue weighted by Crippen LogP contribution is -2.42. The third-order valence-electron chi connectivity index (χ3n) is 6.12. The fraction of sp³-hybridized carbons (Fsp3) is 0.857. The van der Waals surface area contributed by atoms with Gasteiger partial charge in [-0.2, -0.15) is 12.6 Å². The summed E-state index contributed by atoms with van der Waals surface area (Å²) in [6, 6.07) is -2.71. The highest BCUT2D eigenvalue weighted by atomic mass is 32.1. The quantitative estimate of drug-likeness (QED) is 0.0568. The summed E-state index contributed by atoms with van der Waals surface area (Å²) >= 11 is 3.93. The van der Waals surface area contributed by atoms with Crippen LogP contribution in [-0.4, -0.2) is 81.3 Å². The maximum absolute atomic E-state index is 11.6. The highest BCUT2D eigenvalue weighted by molar-refractivity contribution is 7.80. The van der Waals surface area contributed by atoms with Crippen molar-refractivity contribution < 1.29 is 39.6 Å². The minimum atomic E-state index is -1.18. The molecule has 11 N–H and O–H groups in total. The Morgan fingerprint density at radius 2 is 1.12 bits per heavy atom. The summed E-state index contributed by atoms with van der Waals surface area (Å²) in [5, 5.41) is 35.6. The number of rotatable bonds is 24. The molecule has 0 saturated carbocycles. The van der Waals surface area contributed by atoms with E-state index < -0.39 is 42.6 Å². The van der Waals surface area contributed by atoms with Crippen LogP contribution in [0.2, 0.25) is 0 Å². The second-order valence-corrected chi connectivity index (χ2v) is 10.4. The number of nitrogens with two attached hydrogens (primary N) is 3. The van der Waals surface area contributed by atoms with E-state index in [-0.39, 0.29) is 11.7 Å². The summed E-state index contributed by atoms with van der Waals surface area (Å²) in [5.41, 5.74) is 15.2. The molecule has 0 fully saturated rings. The number of carbonyl (C=O) groups excluding carboxylic acids is 1. The summed E-state index contributed by atoms with van der Waals surface area (Å²) in [7, 11) is 0. The van der Waals surface area contributed by atoms with Crippen LogP contribution in [0, 0.1) is 0 Å². The Bertz CT molecular complexity index is 659. The van der Waals surface area contributed by atoms with Crippen LogP contribution in [0.5, 0.6) is 0 Å². The lowest BCUT2D eigenvalue weighted by molar-refractivity contribution is -0.141. The smallest absolute Gasteiger partial charge is 0.327 e. The zero-order valence-electron chi connectivity index (χ0n) is 25.0. The molecule has 3 unspecified atom stereocenters. The van der Waals surface area contributed by atoms with Gasteiger partial charge in [-0.3, -0.25) is 14.4 Å². The van der Waals surface area contributed by atoms with Gasteiger partial charge in [-0.05, 0) is 25.8 Å². The molecule has 0 radical (unpaired) electrons. The Balaban J connectivity index is -0.000000691. The second kappa shape index (κ2) is 32.6. The molecule has 12 nitrogen and oxygen atoms in total. The van der Waals surface area contributed by atoms with Crippen LogP contribution in [-0.2, 0) is 19.2 Å². The van der Waals surface area contributed by atoms with Crippen molar-refractivity contribution in [1.82, 2.24) is 5.32 Å². The number of unbranched alkanes of at least 4 members (excludes halogenated alkanes) is 13. The first-order chi connectivity index (χ1) is 19.5. The molecule has 0 aliphatic carbocycles. The number of aliphatic hydroxyl groups excluding tert-OH is 1. The number of hydrogen-bond acceptors (Lipinski definition) is 9. The Labute approximate surface area is 251 Å². The number of carbonyl (C=O) groups is 4. The Hall–Kier alpha value is -1.93. The molecular formula is C28H58N4O8S. The molecular weight excluding hydrogens is 552 g/mol. The maximum atomic E-state index is 11.6. The van der Waals surface area contributed by atoms with Crippen LogP contribution in [0.4, 0.5) is 0 Å². The SMILES string of the molecule is CCCCCCCCCCCCCCCC(=O)NC(CS)C(=O)O.NC(CO)C(=O)O.NCCCCC(N)C(=O)O. The molecule has 0 aromatic carbocycles. The van der Waals surface area contributed by atoms with E-state index in [2.05, 4.69) is 24.9 Å². The van der Waals surface area contributed by atoms with Gasteiger partial charge in [0.15, 0.2) is 0 Å². The highest BCUT2D eigenvalue weighted by Gasteiger charge is 2.17. The first-order valence-electron chi connectivity index (χ1n) is 14.9. The minimum Gasteiger partial charge on any atom is -0.480 e. The molecule has 0 rings (SSSR count). The normalized spacial score (nSPS) is 12.5. The van der Waals surface area contributed by atoms with Gasteiger partial charge in [-0.25, -0.2) is 4.79 Å². The van der Waals surface area contributed by atoms with Crippen molar-refractivity contribution in [2.24, 2.45) is 17.2 Å². The number of nitrogens with one attached hydrogen (secondary N) is 1. The summed E-state index contributed by atoms with van der Waals surface area (Å²) in [4.78, 5) is 42.2. The van der Waals surface area contributed by atoms with Crippen LogP contribution in [0.1, 0.15) is 116 Å². The summed E-state index contributed by atoms with van der Waals surface area (Å²) < 4.78 is 0. The Kier molecular flexibility index (Phi) is 34.6. The average molecular weight is 611 g/mol. The van der Waals surface area contributed by atoms with Crippen LogP contribution >= 0.6 is 12.6 Å². The molecule has 1 amide bonds. The summed E-state index contributed by atoms with van der Waals surface area (Å²) in [5.74, 6) is -3.19. The topological polar surface area (TPSA) is 239 Å². The zero-order valence-corrected chi connectivity index (χ0v) is 25.9. The number of carboxylic acid groups (broad SMARTS) is 3. The fourth-order valence-corrected chi connectivity index (χ4v) is 3.71. The summed E-state index contributed by atoms with van der Waals surface area (Å²) in [6.45, 7) is 2.35. The lowest BCUT2D eigenvalue weighted by Gasteiger charge is -2.11. The lowest BCUT2D eigenvalue weighted by atomic mass is 10.0. The molecule has 13 heteroatoms. The van der Waals surface area contributed by atoms with E-state index in [9.17, 15) is 19.2 Å². The van der Waals surface area contributed by atoms with Gasteiger partial charge in [-0.15, -0.1) is 0 Å². The molecule has 41 heavy (non-hydrogen) atoms. The predicted octanol–water partition coefficient (Wildman–Crippen LogP) is 2.88. The van der Waals surface area contributed by atoms with Crippen LogP contribution in [0.25, 0.3) is 0 Å². The molecule has 0 saturated heterocycles. The van der Waals surface area contributed by atoms with E-state index in [0.717, 1.165) is 25.7 Å². The third-order valence-corrected chi connectivity index (χ3v) is 6.49. The molecule has 0 heterocycles. The van der Waals surface area contributed by atoms with Crippen LogP contribution in [0.15, 0.2) is 0 Å². The van der Waals surface area contributed by atoms with Crippen molar-refractivity contribution in [3.8, 4) is 0 Å². The van der Waals surface area contributed by atoms with Gasteiger partial charge in [-0.1, -0.05) is 90.4 Å². The van der Waals surface area contributed by atoms with E-state index in [1.54, 1.807) is 0 Å². The minimum absolute atomic E-state index is 0.125. The van der Waals surface area contributed by atoms with Crippen molar-refractivity contribution in [2.75, 3.05) is 18.9 Å². The van der Waals surface area contributed by atoms with Gasteiger partial charge in [0, 0.05) is 12.2 Å². The molecule has 0 aliphatic rings. The van der Waals surface area contributed by atoms with Gasteiger partial charge < -0.3 is 42.9 Å². The van der Waals surface area contributed by atoms with E-state index in [4.69, 9.17) is 37.6 Å². The molecule has 0 aromatic rings. The van der Waals surface area contributed by atoms with Crippen molar-refractivity contribution >= 4 is 36.4 Å². The molecule has 0 bridgehead atoms. The van der Waals surface area contributed by atoms with E-state index in [0.29, 0.717) is 19.4 Å². The monoisotopic (exact) mass is 610 g/mol. The van der Waals surface area contributed by atoms with Crippen LogP contribution in [0.3, 0.4) is 0 Å². The van der Waals surface area contributed by atoms with E-state index >= 15 is 0 Å². The maximum Gasteiger partial charge on any atom is 0.327 e. The number of aliphatic hydroxyl groups is 1. The summed E-state index contributed by atoms with van der Waals surface area (Å²) in [6.07, 6.45) is 19.1. The Morgan fingerprint density at radius 1 is 0.683 bits per heavy atom. The van der Waals surface area contributed by atoms with Gasteiger partial charge in [0.2, 0.25) is 5.91 Å². The third kappa shape index (κ3) is 34.2. The first-order valence-corrected chi connectivity index (χ1v) is 15.5. The number of thiol groups is 1. The first kappa shape index (κ1) is 43.5.